The molecular weight excluding hydrogens is 280 g/mol. The maximum atomic E-state index is 12.3. The molecule has 2 aliphatic rings. The van der Waals surface area contributed by atoms with Crippen molar-refractivity contribution in [3.63, 3.8) is 0 Å². The topological polar surface area (TPSA) is 73.5 Å². The molecule has 116 valence electrons. The molecule has 0 aliphatic carbocycles. The van der Waals surface area contributed by atoms with Crippen molar-refractivity contribution in [1.82, 2.24) is 10.2 Å². The molecule has 2 heterocycles. The van der Waals surface area contributed by atoms with Crippen LogP contribution >= 0.6 is 0 Å². The van der Waals surface area contributed by atoms with Crippen LogP contribution in [0.1, 0.15) is 30.1 Å². The van der Waals surface area contributed by atoms with E-state index < -0.39 is 0 Å². The fourth-order valence-corrected chi connectivity index (χ4v) is 2.86. The number of carbonyl (C=O) groups excluding carboxylic acids is 2. The van der Waals surface area contributed by atoms with Gasteiger partial charge in [0.2, 0.25) is 5.91 Å². The Balaban J connectivity index is 1.60. The van der Waals surface area contributed by atoms with E-state index in [4.69, 9.17) is 0 Å². The molecule has 1 saturated heterocycles. The highest BCUT2D eigenvalue weighted by Gasteiger charge is 2.23. The minimum Gasteiger partial charge on any atom is -0.349 e. The van der Waals surface area contributed by atoms with Gasteiger partial charge in [-0.2, -0.15) is 0 Å². The van der Waals surface area contributed by atoms with Gasteiger partial charge >= 0.3 is 0 Å². The monoisotopic (exact) mass is 300 g/mol. The van der Waals surface area contributed by atoms with Crippen LogP contribution in [-0.4, -0.2) is 35.8 Å². The Bertz CT molecular complexity index is 633. The van der Waals surface area contributed by atoms with Crippen LogP contribution in [0.5, 0.6) is 0 Å². The second-order valence-electron chi connectivity index (χ2n) is 5.74. The van der Waals surface area contributed by atoms with Crippen molar-refractivity contribution >= 4 is 23.2 Å². The molecular formula is C16H20N4O2. The lowest BCUT2D eigenvalue weighted by molar-refractivity contribution is -0.129. The molecule has 0 radical (unpaired) electrons. The number of nitrogens with zero attached hydrogens (tertiary/aromatic N) is 1. The maximum absolute atomic E-state index is 12.3. The Labute approximate surface area is 129 Å². The van der Waals surface area contributed by atoms with Gasteiger partial charge in [-0.05, 0) is 31.0 Å². The molecule has 1 fully saturated rings. The Morgan fingerprint density at radius 2 is 1.91 bits per heavy atom. The van der Waals surface area contributed by atoms with Crippen LogP contribution in [0.4, 0.5) is 11.4 Å². The number of piperidine rings is 1. The summed E-state index contributed by atoms with van der Waals surface area (Å²) in [5.74, 6) is 0.731. The molecule has 6 heteroatoms. The molecule has 3 rings (SSSR count). The van der Waals surface area contributed by atoms with Gasteiger partial charge in [0.05, 0.1) is 11.4 Å². The number of amides is 2. The van der Waals surface area contributed by atoms with E-state index in [0.29, 0.717) is 24.5 Å². The van der Waals surface area contributed by atoms with Gasteiger partial charge in [0.25, 0.3) is 5.91 Å². The molecule has 22 heavy (non-hydrogen) atoms. The predicted octanol–water partition coefficient (Wildman–Crippen LogP) is 1.74. The van der Waals surface area contributed by atoms with E-state index in [-0.39, 0.29) is 17.9 Å². The van der Waals surface area contributed by atoms with Crippen molar-refractivity contribution in [3.8, 4) is 0 Å². The quantitative estimate of drug-likeness (QED) is 0.778. The Hall–Kier alpha value is -2.50. The van der Waals surface area contributed by atoms with Crippen LogP contribution in [0.25, 0.3) is 0 Å². The van der Waals surface area contributed by atoms with Gasteiger partial charge in [-0.25, -0.2) is 0 Å². The Morgan fingerprint density at radius 3 is 2.59 bits per heavy atom. The van der Waals surface area contributed by atoms with E-state index in [9.17, 15) is 9.59 Å². The molecule has 2 aliphatic heterocycles. The molecule has 3 N–H and O–H groups in total. The summed E-state index contributed by atoms with van der Waals surface area (Å²) in [5, 5.41) is 9.22. The molecule has 1 aromatic rings. The average Bonchev–Trinajstić information content (AvgIpc) is 2.86. The van der Waals surface area contributed by atoms with Gasteiger partial charge < -0.3 is 20.9 Å². The van der Waals surface area contributed by atoms with Crippen LogP contribution in [0, 0.1) is 0 Å². The van der Waals surface area contributed by atoms with E-state index in [2.05, 4.69) is 22.5 Å². The largest absolute Gasteiger partial charge is 0.349 e. The fraction of sp³-hybridized carbons (Fsp3) is 0.375. The number of fused-ring (bicyclic) bond motifs is 1. The van der Waals surface area contributed by atoms with Crippen molar-refractivity contribution in [3.05, 3.63) is 36.2 Å². The molecule has 1 aromatic carbocycles. The summed E-state index contributed by atoms with van der Waals surface area (Å²) >= 11 is 0. The smallest absolute Gasteiger partial charge is 0.251 e. The van der Waals surface area contributed by atoms with Crippen LogP contribution in [0.3, 0.4) is 0 Å². The SMILES string of the molecule is C=C1Nc2ccc(C(=O)NC3CCN(C(C)=O)CC3)cc2N1. The van der Waals surface area contributed by atoms with Gasteiger partial charge in [-0.1, -0.05) is 6.58 Å². The molecule has 0 aromatic heterocycles. The summed E-state index contributed by atoms with van der Waals surface area (Å²) in [5.41, 5.74) is 2.41. The van der Waals surface area contributed by atoms with Crippen LogP contribution in [-0.2, 0) is 4.79 Å². The first-order valence-electron chi connectivity index (χ1n) is 7.46. The zero-order valence-corrected chi connectivity index (χ0v) is 12.6. The maximum Gasteiger partial charge on any atom is 0.251 e. The zero-order chi connectivity index (χ0) is 15.7. The van der Waals surface area contributed by atoms with Gasteiger partial charge in [0.1, 0.15) is 5.82 Å². The predicted molar refractivity (Wildman–Crippen MR) is 85.6 cm³/mol. The minimum atomic E-state index is -0.0802. The molecule has 0 unspecified atom stereocenters. The summed E-state index contributed by atoms with van der Waals surface area (Å²) in [7, 11) is 0. The number of hydrogen-bond acceptors (Lipinski definition) is 4. The number of rotatable bonds is 2. The van der Waals surface area contributed by atoms with Gasteiger partial charge in [-0.15, -0.1) is 0 Å². The van der Waals surface area contributed by atoms with E-state index in [1.807, 2.05) is 17.0 Å². The van der Waals surface area contributed by atoms with Crippen molar-refractivity contribution in [2.75, 3.05) is 23.7 Å². The summed E-state index contributed by atoms with van der Waals surface area (Å²) in [6, 6.07) is 5.61. The lowest BCUT2D eigenvalue weighted by Gasteiger charge is -2.31. The molecule has 0 atom stereocenters. The van der Waals surface area contributed by atoms with E-state index in [0.717, 1.165) is 24.2 Å². The number of carbonyl (C=O) groups is 2. The number of benzene rings is 1. The zero-order valence-electron chi connectivity index (χ0n) is 12.6. The second-order valence-corrected chi connectivity index (χ2v) is 5.74. The van der Waals surface area contributed by atoms with Crippen molar-refractivity contribution in [1.29, 1.82) is 0 Å². The molecule has 6 nitrogen and oxygen atoms in total. The number of hydrogen-bond donors (Lipinski definition) is 3. The van der Waals surface area contributed by atoms with E-state index in [1.165, 1.54) is 0 Å². The standard InChI is InChI=1S/C16H20N4O2/c1-10-17-14-4-3-12(9-15(14)18-10)16(22)19-13-5-7-20(8-6-13)11(2)21/h3-4,9,13,17-18H,1,5-8H2,2H3,(H,19,22). The highest BCUT2D eigenvalue weighted by atomic mass is 16.2. The van der Waals surface area contributed by atoms with Crippen molar-refractivity contribution in [2.45, 2.75) is 25.8 Å². The number of anilines is 2. The lowest BCUT2D eigenvalue weighted by Crippen LogP contribution is -2.46. The number of nitrogens with one attached hydrogen (secondary N) is 3. The summed E-state index contributed by atoms with van der Waals surface area (Å²) < 4.78 is 0. The minimum absolute atomic E-state index is 0.0802. The van der Waals surface area contributed by atoms with Gasteiger partial charge in [0, 0.05) is 31.6 Å². The Kier molecular flexibility index (Phi) is 3.75. The Morgan fingerprint density at radius 1 is 1.23 bits per heavy atom. The second kappa shape index (κ2) is 5.71. The first kappa shape index (κ1) is 14.4. The molecule has 2 amide bonds. The average molecular weight is 300 g/mol. The highest BCUT2D eigenvalue weighted by Crippen LogP contribution is 2.30. The molecule has 0 saturated carbocycles. The molecule has 0 bridgehead atoms. The van der Waals surface area contributed by atoms with Crippen LogP contribution in [0.2, 0.25) is 0 Å². The summed E-state index contributed by atoms with van der Waals surface area (Å²) in [6.07, 6.45) is 1.60. The van der Waals surface area contributed by atoms with Crippen LogP contribution in [0.15, 0.2) is 30.6 Å². The third-order valence-corrected chi connectivity index (χ3v) is 4.13. The van der Waals surface area contributed by atoms with E-state index >= 15 is 0 Å². The number of likely N-dealkylation sites (tertiary alicyclic amines) is 1. The first-order chi connectivity index (χ1) is 10.5. The van der Waals surface area contributed by atoms with Gasteiger partial charge in [0.15, 0.2) is 0 Å². The third-order valence-electron chi connectivity index (χ3n) is 4.13. The fourth-order valence-electron chi connectivity index (χ4n) is 2.86. The van der Waals surface area contributed by atoms with Crippen LogP contribution < -0.4 is 16.0 Å². The molecule has 0 spiro atoms. The highest BCUT2D eigenvalue weighted by molar-refractivity contribution is 5.97. The van der Waals surface area contributed by atoms with Gasteiger partial charge in [-0.3, -0.25) is 9.59 Å². The van der Waals surface area contributed by atoms with E-state index in [1.54, 1.807) is 13.0 Å². The first-order valence-corrected chi connectivity index (χ1v) is 7.46. The van der Waals surface area contributed by atoms with Crippen molar-refractivity contribution < 1.29 is 9.59 Å². The summed E-state index contributed by atoms with van der Waals surface area (Å²) in [4.78, 5) is 25.5. The van der Waals surface area contributed by atoms with Crippen molar-refractivity contribution in [2.24, 2.45) is 0 Å². The summed E-state index contributed by atoms with van der Waals surface area (Å²) in [6.45, 7) is 6.79. The third kappa shape index (κ3) is 2.90. The normalized spacial score (nSPS) is 17.5. The lowest BCUT2D eigenvalue weighted by atomic mass is 10.0.